The Morgan fingerprint density at radius 3 is 2.71 bits per heavy atom. The molecule has 0 radical (unpaired) electrons. The van der Waals surface area contributed by atoms with E-state index in [1.54, 1.807) is 0 Å². The van der Waals surface area contributed by atoms with E-state index in [-0.39, 0.29) is 16.3 Å². The Labute approximate surface area is 138 Å². The molecule has 0 spiro atoms. The number of pyridine rings is 1. The van der Waals surface area contributed by atoms with Crippen LogP contribution in [0.25, 0.3) is 0 Å². The molecule has 2 rings (SSSR count). The number of alkyl halides is 3. The minimum atomic E-state index is -5.00. The summed E-state index contributed by atoms with van der Waals surface area (Å²) in [5, 5.41) is 14.1. The highest BCUT2D eigenvalue weighted by Gasteiger charge is 2.63. The molecule has 24 heavy (non-hydrogen) atoms. The zero-order chi connectivity index (χ0) is 17.8. The van der Waals surface area contributed by atoms with Crippen LogP contribution in [0.1, 0.15) is 55.8 Å². The summed E-state index contributed by atoms with van der Waals surface area (Å²) in [6, 6.07) is 2.77. The van der Waals surface area contributed by atoms with Crippen molar-refractivity contribution in [3.8, 4) is 0 Å². The summed E-state index contributed by atoms with van der Waals surface area (Å²) < 4.78 is 40.1. The maximum absolute atomic E-state index is 13.4. The van der Waals surface area contributed by atoms with Gasteiger partial charge >= 0.3 is 6.18 Å². The predicted molar refractivity (Wildman–Crippen MR) is 82.2 cm³/mol. The lowest BCUT2D eigenvalue weighted by Gasteiger charge is -2.32. The molecule has 0 saturated carbocycles. The highest BCUT2D eigenvalue weighted by molar-refractivity contribution is 5.98. The van der Waals surface area contributed by atoms with E-state index in [0.29, 0.717) is 12.8 Å². The van der Waals surface area contributed by atoms with Crippen LogP contribution < -0.4 is 0 Å². The molecule has 8 heteroatoms. The highest BCUT2D eigenvalue weighted by atomic mass is 19.4. The average molecular weight is 343 g/mol. The van der Waals surface area contributed by atoms with Gasteiger partial charge in [0.05, 0.1) is 5.56 Å². The van der Waals surface area contributed by atoms with Crippen molar-refractivity contribution in [2.75, 3.05) is 0 Å². The van der Waals surface area contributed by atoms with Gasteiger partial charge in [-0.1, -0.05) is 26.2 Å². The number of aromatic nitrogens is 1. The molecule has 0 fully saturated rings. The molecule has 1 aliphatic rings. The van der Waals surface area contributed by atoms with Crippen LogP contribution in [0.5, 0.6) is 0 Å². The third-order valence-corrected chi connectivity index (χ3v) is 3.92. The summed E-state index contributed by atoms with van der Waals surface area (Å²) in [6.07, 6.45) is 0.697. The maximum atomic E-state index is 13.4. The molecule has 0 bridgehead atoms. The lowest BCUT2D eigenvalue weighted by molar-refractivity contribution is -0.297. The second-order valence-corrected chi connectivity index (χ2v) is 5.83. The van der Waals surface area contributed by atoms with Gasteiger partial charge in [0, 0.05) is 24.5 Å². The number of nitrogens with zero attached hydrogens (tertiary/aromatic N) is 3. The van der Waals surface area contributed by atoms with Gasteiger partial charge in [-0.25, -0.2) is 0 Å². The summed E-state index contributed by atoms with van der Waals surface area (Å²) in [4.78, 5) is 16.1. The van der Waals surface area contributed by atoms with Crippen molar-refractivity contribution >= 4 is 11.6 Å². The molecule has 1 amide bonds. The first-order valence-electron chi connectivity index (χ1n) is 7.89. The lowest BCUT2D eigenvalue weighted by atomic mass is 10.0. The van der Waals surface area contributed by atoms with Crippen LogP contribution in [0.4, 0.5) is 13.2 Å². The molecular weight excluding hydrogens is 323 g/mol. The summed E-state index contributed by atoms with van der Waals surface area (Å²) in [5.74, 6) is -1.02. The fourth-order valence-corrected chi connectivity index (χ4v) is 2.56. The van der Waals surface area contributed by atoms with E-state index in [4.69, 9.17) is 0 Å². The molecule has 2 heterocycles. The molecule has 0 saturated heterocycles. The topological polar surface area (TPSA) is 65.8 Å². The van der Waals surface area contributed by atoms with Crippen molar-refractivity contribution in [3.63, 3.8) is 0 Å². The summed E-state index contributed by atoms with van der Waals surface area (Å²) in [5.41, 5.74) is -3.18. The van der Waals surface area contributed by atoms with E-state index in [1.165, 1.54) is 18.3 Å². The zero-order valence-corrected chi connectivity index (χ0v) is 13.4. The van der Waals surface area contributed by atoms with Crippen molar-refractivity contribution in [1.29, 1.82) is 0 Å². The normalized spacial score (nSPS) is 21.0. The van der Waals surface area contributed by atoms with Crippen LogP contribution in [0, 0.1) is 0 Å². The van der Waals surface area contributed by atoms with Gasteiger partial charge in [0.15, 0.2) is 0 Å². The van der Waals surface area contributed by atoms with Gasteiger partial charge in [0.25, 0.3) is 11.6 Å². The number of carbonyl (C=O) groups excluding carboxylic acids is 1. The molecular formula is C16H20F3N3O2. The number of hydrogen-bond donors (Lipinski definition) is 1. The van der Waals surface area contributed by atoms with Crippen molar-refractivity contribution in [2.45, 2.75) is 57.3 Å². The van der Waals surface area contributed by atoms with E-state index < -0.39 is 24.2 Å². The maximum Gasteiger partial charge on any atom is 0.438 e. The Kier molecular flexibility index (Phi) is 5.58. The summed E-state index contributed by atoms with van der Waals surface area (Å²) in [6.45, 7) is 2.03. The van der Waals surface area contributed by atoms with Crippen molar-refractivity contribution in [1.82, 2.24) is 9.99 Å². The summed E-state index contributed by atoms with van der Waals surface area (Å²) >= 11 is 0. The molecule has 0 aliphatic carbocycles. The fourth-order valence-electron chi connectivity index (χ4n) is 2.56. The van der Waals surface area contributed by atoms with E-state index in [1.807, 2.05) is 6.92 Å². The second-order valence-electron chi connectivity index (χ2n) is 5.83. The van der Waals surface area contributed by atoms with Crippen molar-refractivity contribution < 1.29 is 23.1 Å². The van der Waals surface area contributed by atoms with Crippen LogP contribution >= 0.6 is 0 Å². The van der Waals surface area contributed by atoms with Crippen molar-refractivity contribution in [2.24, 2.45) is 5.10 Å². The minimum Gasteiger partial charge on any atom is -0.362 e. The first-order chi connectivity index (χ1) is 11.3. The largest absolute Gasteiger partial charge is 0.438 e. The van der Waals surface area contributed by atoms with E-state index >= 15 is 0 Å². The van der Waals surface area contributed by atoms with Gasteiger partial charge in [0.2, 0.25) is 0 Å². The Morgan fingerprint density at radius 2 is 2.12 bits per heavy atom. The molecule has 0 unspecified atom stereocenters. The number of halogens is 3. The number of carbonyl (C=O) groups is 1. The van der Waals surface area contributed by atoms with E-state index in [2.05, 4.69) is 10.1 Å². The van der Waals surface area contributed by atoms with Crippen LogP contribution in [-0.4, -0.2) is 38.6 Å². The van der Waals surface area contributed by atoms with E-state index in [0.717, 1.165) is 25.5 Å². The third-order valence-electron chi connectivity index (χ3n) is 3.92. The molecule has 1 aliphatic heterocycles. The summed E-state index contributed by atoms with van der Waals surface area (Å²) in [7, 11) is 0. The van der Waals surface area contributed by atoms with Crippen LogP contribution in [0.2, 0.25) is 0 Å². The molecule has 1 atom stereocenters. The molecule has 5 nitrogen and oxygen atoms in total. The van der Waals surface area contributed by atoms with Gasteiger partial charge in [0.1, 0.15) is 0 Å². The number of hydrogen-bond acceptors (Lipinski definition) is 4. The molecule has 0 aromatic carbocycles. The molecule has 1 N–H and O–H groups in total. The Bertz CT molecular complexity index is 604. The van der Waals surface area contributed by atoms with Gasteiger partial charge < -0.3 is 5.11 Å². The van der Waals surface area contributed by atoms with Crippen LogP contribution in [-0.2, 0) is 0 Å². The van der Waals surface area contributed by atoms with Crippen LogP contribution in [0.3, 0.4) is 0 Å². The highest BCUT2D eigenvalue weighted by Crippen LogP contribution is 2.41. The van der Waals surface area contributed by atoms with Crippen LogP contribution in [0.15, 0.2) is 29.6 Å². The van der Waals surface area contributed by atoms with Gasteiger partial charge in [-0.3, -0.25) is 9.78 Å². The fraction of sp³-hybridized carbons (Fsp3) is 0.562. The SMILES string of the molecule is CCCCCCC1=NN(C(=O)c2cccnc2)[C@](O)(C(F)(F)F)C1. The lowest BCUT2D eigenvalue weighted by Crippen LogP contribution is -2.56. The third kappa shape index (κ3) is 3.75. The Hall–Kier alpha value is -1.96. The predicted octanol–water partition coefficient (Wildman–Crippen LogP) is 3.50. The average Bonchev–Trinajstić information content (AvgIpc) is 2.90. The Morgan fingerprint density at radius 1 is 1.38 bits per heavy atom. The van der Waals surface area contributed by atoms with Gasteiger partial charge in [-0.15, -0.1) is 0 Å². The number of hydrazone groups is 1. The first kappa shape index (κ1) is 18.4. The quantitative estimate of drug-likeness (QED) is 0.804. The number of unbranched alkanes of at least 4 members (excludes halogenated alkanes) is 3. The van der Waals surface area contributed by atoms with E-state index in [9.17, 15) is 23.1 Å². The minimum absolute atomic E-state index is 0.0591. The smallest absolute Gasteiger partial charge is 0.362 e. The monoisotopic (exact) mass is 343 g/mol. The standard InChI is InChI=1S/C16H20F3N3O2/c1-2-3-4-5-8-13-10-15(24,16(17,18)19)22(21-13)14(23)12-7-6-9-20-11-12/h6-7,9,11,24H,2-5,8,10H2,1H3/t15-/m1/s1. The zero-order valence-electron chi connectivity index (χ0n) is 13.4. The number of amides is 1. The molecule has 1 aromatic rings. The van der Waals surface area contributed by atoms with Gasteiger partial charge in [-0.2, -0.15) is 23.3 Å². The number of aliphatic hydroxyl groups is 1. The second kappa shape index (κ2) is 7.29. The van der Waals surface area contributed by atoms with Crippen molar-refractivity contribution in [3.05, 3.63) is 30.1 Å². The molecule has 1 aromatic heterocycles. The Balaban J connectivity index is 2.22. The number of rotatable bonds is 6. The first-order valence-corrected chi connectivity index (χ1v) is 7.89. The van der Waals surface area contributed by atoms with Gasteiger partial charge in [-0.05, 0) is 25.0 Å². The molecule has 132 valence electrons.